The Balaban J connectivity index is 2.00. The summed E-state index contributed by atoms with van der Waals surface area (Å²) in [4.78, 5) is 13.3. The number of alkyl halides is 3. The number of fused-ring (bicyclic) bond motifs is 2. The molecule has 3 aromatic rings. The molecular formula is C23H21F3O5. The maximum Gasteiger partial charge on any atom is 0.450 e. The van der Waals surface area contributed by atoms with Gasteiger partial charge < -0.3 is 18.6 Å². The van der Waals surface area contributed by atoms with Gasteiger partial charge in [-0.05, 0) is 49.6 Å². The van der Waals surface area contributed by atoms with E-state index >= 15 is 0 Å². The first kappa shape index (κ1) is 21.1. The minimum absolute atomic E-state index is 0.0489. The molecule has 31 heavy (non-hydrogen) atoms. The van der Waals surface area contributed by atoms with Gasteiger partial charge in [-0.1, -0.05) is 13.0 Å². The molecule has 0 radical (unpaired) electrons. The topological polar surface area (TPSA) is 57.9 Å². The highest BCUT2D eigenvalue weighted by molar-refractivity contribution is 5.85. The SMILES string of the molecule is CCc1cc2c(=O)c(-c3ccc4c(c3)OCCO4)c(C(F)(F)F)oc2cc1OC(C)C. The molecule has 0 spiro atoms. The average molecular weight is 434 g/mol. The van der Waals surface area contributed by atoms with Crippen LogP contribution in [0.3, 0.4) is 0 Å². The number of hydrogen-bond acceptors (Lipinski definition) is 5. The molecule has 0 saturated heterocycles. The first-order valence-electron chi connectivity index (χ1n) is 9.96. The van der Waals surface area contributed by atoms with E-state index in [-0.39, 0.29) is 35.0 Å². The van der Waals surface area contributed by atoms with Crippen LogP contribution in [0.15, 0.2) is 39.5 Å². The lowest BCUT2D eigenvalue weighted by Gasteiger charge is -2.20. The Bertz CT molecular complexity index is 1190. The second-order valence-corrected chi connectivity index (χ2v) is 7.47. The van der Waals surface area contributed by atoms with Gasteiger partial charge in [0.25, 0.3) is 0 Å². The van der Waals surface area contributed by atoms with Crippen molar-refractivity contribution in [2.75, 3.05) is 13.2 Å². The molecule has 0 fully saturated rings. The summed E-state index contributed by atoms with van der Waals surface area (Å²) in [5.74, 6) is -0.265. The molecule has 1 aromatic heterocycles. The molecule has 8 heteroatoms. The van der Waals surface area contributed by atoms with Gasteiger partial charge in [0.15, 0.2) is 11.5 Å². The maximum absolute atomic E-state index is 13.9. The Morgan fingerprint density at radius 3 is 2.42 bits per heavy atom. The quantitative estimate of drug-likeness (QED) is 0.535. The van der Waals surface area contributed by atoms with E-state index in [4.69, 9.17) is 18.6 Å². The molecule has 2 aromatic carbocycles. The lowest BCUT2D eigenvalue weighted by molar-refractivity contribution is -0.152. The molecular weight excluding hydrogens is 413 g/mol. The number of aryl methyl sites for hydroxylation is 1. The van der Waals surface area contributed by atoms with Crippen molar-refractivity contribution >= 4 is 11.0 Å². The summed E-state index contributed by atoms with van der Waals surface area (Å²) in [5, 5.41) is 0.0610. The summed E-state index contributed by atoms with van der Waals surface area (Å²) in [5.41, 5.74) is -0.742. The third-order valence-corrected chi connectivity index (χ3v) is 4.91. The van der Waals surface area contributed by atoms with E-state index in [2.05, 4.69) is 0 Å². The summed E-state index contributed by atoms with van der Waals surface area (Å²) < 4.78 is 63.6. The van der Waals surface area contributed by atoms with Crippen molar-refractivity contribution in [3.05, 3.63) is 51.9 Å². The van der Waals surface area contributed by atoms with E-state index in [0.29, 0.717) is 30.1 Å². The predicted octanol–water partition coefficient (Wildman–Crippen LogP) is 5.60. The average Bonchev–Trinajstić information content (AvgIpc) is 2.72. The normalized spacial score (nSPS) is 13.6. The minimum Gasteiger partial charge on any atom is -0.491 e. The zero-order valence-electron chi connectivity index (χ0n) is 17.3. The molecule has 0 amide bonds. The van der Waals surface area contributed by atoms with Crippen molar-refractivity contribution in [2.45, 2.75) is 39.5 Å². The van der Waals surface area contributed by atoms with Gasteiger partial charge in [0.2, 0.25) is 11.2 Å². The van der Waals surface area contributed by atoms with Crippen LogP contribution in [0.2, 0.25) is 0 Å². The van der Waals surface area contributed by atoms with Crippen LogP contribution in [0.5, 0.6) is 17.2 Å². The highest BCUT2D eigenvalue weighted by Crippen LogP contribution is 2.41. The van der Waals surface area contributed by atoms with E-state index in [9.17, 15) is 18.0 Å². The van der Waals surface area contributed by atoms with Crippen molar-refractivity contribution in [2.24, 2.45) is 0 Å². The molecule has 0 N–H and O–H groups in total. The number of ether oxygens (including phenoxy) is 3. The van der Waals surface area contributed by atoms with Crippen molar-refractivity contribution in [3.63, 3.8) is 0 Å². The van der Waals surface area contributed by atoms with Crippen LogP contribution in [-0.2, 0) is 12.6 Å². The lowest BCUT2D eigenvalue weighted by atomic mass is 9.99. The minimum atomic E-state index is -4.88. The largest absolute Gasteiger partial charge is 0.491 e. The molecule has 0 aliphatic carbocycles. The molecule has 5 nitrogen and oxygen atoms in total. The van der Waals surface area contributed by atoms with Crippen LogP contribution in [0.25, 0.3) is 22.1 Å². The van der Waals surface area contributed by atoms with Crippen molar-refractivity contribution in [1.82, 2.24) is 0 Å². The van der Waals surface area contributed by atoms with Crippen molar-refractivity contribution in [1.29, 1.82) is 0 Å². The van der Waals surface area contributed by atoms with Crippen LogP contribution in [-0.4, -0.2) is 19.3 Å². The van der Waals surface area contributed by atoms with Gasteiger partial charge in [0.1, 0.15) is 24.5 Å². The standard InChI is InChI=1S/C23H21F3O5/c1-4-13-9-15-18(11-17(13)30-12(2)3)31-22(23(24,25)26)20(21(15)27)14-5-6-16-19(10-14)29-8-7-28-16/h5-6,9-12H,4,7-8H2,1-3H3. The summed E-state index contributed by atoms with van der Waals surface area (Å²) in [6.07, 6.45) is -4.52. The lowest BCUT2D eigenvalue weighted by Crippen LogP contribution is -2.18. The third-order valence-electron chi connectivity index (χ3n) is 4.91. The molecule has 1 aliphatic rings. The van der Waals surface area contributed by atoms with E-state index in [1.54, 1.807) is 6.07 Å². The molecule has 2 heterocycles. The van der Waals surface area contributed by atoms with Gasteiger partial charge in [-0.2, -0.15) is 13.2 Å². The third kappa shape index (κ3) is 3.94. The molecule has 0 saturated carbocycles. The Hall–Kier alpha value is -3.16. The maximum atomic E-state index is 13.9. The van der Waals surface area contributed by atoms with E-state index in [1.165, 1.54) is 24.3 Å². The molecule has 0 unspecified atom stereocenters. The Morgan fingerprint density at radius 1 is 1.06 bits per heavy atom. The van der Waals surface area contributed by atoms with Crippen LogP contribution >= 0.6 is 0 Å². The van der Waals surface area contributed by atoms with Gasteiger partial charge in [0.05, 0.1) is 17.1 Å². The first-order valence-corrected chi connectivity index (χ1v) is 9.96. The molecule has 1 aliphatic heterocycles. The van der Waals surface area contributed by atoms with Crippen molar-refractivity contribution in [3.8, 4) is 28.4 Å². The van der Waals surface area contributed by atoms with Crippen LogP contribution in [0.1, 0.15) is 32.1 Å². The Labute approximate surface area is 176 Å². The molecule has 4 rings (SSSR count). The van der Waals surface area contributed by atoms with Crippen LogP contribution < -0.4 is 19.6 Å². The highest BCUT2D eigenvalue weighted by atomic mass is 19.4. The fourth-order valence-corrected chi connectivity index (χ4v) is 3.57. The second-order valence-electron chi connectivity index (χ2n) is 7.47. The van der Waals surface area contributed by atoms with Gasteiger partial charge >= 0.3 is 6.18 Å². The first-order chi connectivity index (χ1) is 14.7. The number of halogens is 3. The summed E-state index contributed by atoms with van der Waals surface area (Å²) >= 11 is 0. The summed E-state index contributed by atoms with van der Waals surface area (Å²) in [6.45, 7) is 6.12. The van der Waals surface area contributed by atoms with E-state index < -0.39 is 22.9 Å². The number of benzene rings is 2. The van der Waals surface area contributed by atoms with Gasteiger partial charge in [0, 0.05) is 6.07 Å². The highest BCUT2D eigenvalue weighted by Gasteiger charge is 2.39. The molecule has 0 bridgehead atoms. The van der Waals surface area contributed by atoms with Crippen LogP contribution in [0.4, 0.5) is 13.2 Å². The summed E-state index contributed by atoms with van der Waals surface area (Å²) in [6, 6.07) is 7.17. The molecule has 0 atom stereocenters. The van der Waals surface area contributed by atoms with Gasteiger partial charge in [-0.25, -0.2) is 0 Å². The van der Waals surface area contributed by atoms with Crippen LogP contribution in [0, 0.1) is 0 Å². The predicted molar refractivity (Wildman–Crippen MR) is 109 cm³/mol. The smallest absolute Gasteiger partial charge is 0.450 e. The fourth-order valence-electron chi connectivity index (χ4n) is 3.57. The van der Waals surface area contributed by atoms with Gasteiger partial charge in [-0.15, -0.1) is 0 Å². The second kappa shape index (κ2) is 7.83. The zero-order chi connectivity index (χ0) is 22.3. The Kier molecular flexibility index (Phi) is 5.33. The number of hydrogen-bond donors (Lipinski definition) is 0. The summed E-state index contributed by atoms with van der Waals surface area (Å²) in [7, 11) is 0. The number of rotatable bonds is 4. The zero-order valence-corrected chi connectivity index (χ0v) is 17.3. The fraction of sp³-hybridized carbons (Fsp3) is 0.348. The van der Waals surface area contributed by atoms with E-state index in [0.717, 1.165) is 0 Å². The van der Waals surface area contributed by atoms with Crippen molar-refractivity contribution < 1.29 is 31.8 Å². The van der Waals surface area contributed by atoms with E-state index in [1.807, 2.05) is 20.8 Å². The monoisotopic (exact) mass is 434 g/mol. The Morgan fingerprint density at radius 2 is 1.77 bits per heavy atom. The molecule has 164 valence electrons. The van der Waals surface area contributed by atoms with Gasteiger partial charge in [-0.3, -0.25) is 4.79 Å².